The molecule has 4 radical (unpaired) electrons. The van der Waals surface area contributed by atoms with E-state index in [-0.39, 0.29) is 131 Å². The Labute approximate surface area is 451 Å². The Hall–Kier alpha value is -0.264. The van der Waals surface area contributed by atoms with E-state index in [4.69, 9.17) is 0 Å². The van der Waals surface area contributed by atoms with Crippen molar-refractivity contribution in [1.29, 1.82) is 0 Å². The molecule has 0 bridgehead atoms. The second-order valence-electron chi connectivity index (χ2n) is 14.5. The molecule has 0 aliphatic carbocycles. The average Bonchev–Trinajstić information content (AvgIpc) is 3.11. The van der Waals surface area contributed by atoms with E-state index in [0.29, 0.717) is 0 Å². The Morgan fingerprint density at radius 1 is 0.316 bits per heavy atom. The molecular weight excluding hydrogens is 992 g/mol. The van der Waals surface area contributed by atoms with Crippen LogP contribution in [0.1, 0.15) is 94.6 Å². The third-order valence-electron chi connectivity index (χ3n) is 9.80. The maximum atomic E-state index is 3.17. The Kier molecular flexibility index (Phi) is 38.2. The molecular formula is C53H66Y4-4. The van der Waals surface area contributed by atoms with Gasteiger partial charge in [0.25, 0.3) is 0 Å². The fraction of sp³-hybridized carbons (Fsp3) is 0.321. The maximum absolute atomic E-state index is 3.17. The van der Waals surface area contributed by atoms with E-state index in [0.717, 1.165) is 0 Å². The summed E-state index contributed by atoms with van der Waals surface area (Å²) in [6.07, 6.45) is 0. The second-order valence-corrected chi connectivity index (χ2v) is 14.5. The van der Waals surface area contributed by atoms with Crippen molar-refractivity contribution >= 4 is 0 Å². The number of hydrogen-bond acceptors (Lipinski definition) is 0. The summed E-state index contributed by atoms with van der Waals surface area (Å²) in [5.41, 5.74) is 22.7. The van der Waals surface area contributed by atoms with Gasteiger partial charge in [0.1, 0.15) is 0 Å². The van der Waals surface area contributed by atoms with Gasteiger partial charge in [-0.2, -0.15) is 140 Å². The van der Waals surface area contributed by atoms with E-state index in [1.807, 2.05) is 36.4 Å². The zero-order valence-electron chi connectivity index (χ0n) is 38.5. The standard InChI is InChI=1S/C9H12.2C9H11.C9H12.C9H11.C8H9.4Y/c3*1-7-4-5-8(2)9(3)6-7;2*1-7-5-4-6-8(2)9(7)3;1-7-5-3-4-6-8(7)2;;;;/h4-6H,1-3H3;5-6H,1-3H3;4,6H,1-3H3;4-6H,1-3H3;5-6H,1-3H3;3,5-6H,1-2H3;;;;/q;2*-1;;2*-1;;;;. The van der Waals surface area contributed by atoms with Crippen LogP contribution in [-0.2, 0) is 131 Å². The maximum Gasteiger partial charge on any atom is 0 e. The van der Waals surface area contributed by atoms with E-state index in [2.05, 4.69) is 197 Å². The first kappa shape index (κ1) is 63.4. The number of benzene rings is 6. The molecule has 0 aromatic heterocycles. The van der Waals surface area contributed by atoms with Crippen LogP contribution in [0, 0.1) is 142 Å². The first-order valence-corrected chi connectivity index (χ1v) is 18.7. The quantitative estimate of drug-likeness (QED) is 0.133. The van der Waals surface area contributed by atoms with Crippen LogP contribution >= 0.6 is 0 Å². The van der Waals surface area contributed by atoms with Crippen LogP contribution in [-0.4, -0.2) is 0 Å². The van der Waals surface area contributed by atoms with Gasteiger partial charge in [-0.3, -0.25) is 0 Å². The topological polar surface area (TPSA) is 0 Å². The molecule has 0 N–H and O–H groups in total. The van der Waals surface area contributed by atoms with Crippen molar-refractivity contribution in [2.75, 3.05) is 0 Å². The zero-order chi connectivity index (χ0) is 40.2. The van der Waals surface area contributed by atoms with Crippen LogP contribution < -0.4 is 0 Å². The third kappa shape index (κ3) is 26.6. The minimum Gasteiger partial charge on any atom is -0.184 e. The molecule has 0 spiro atoms. The molecule has 0 saturated heterocycles. The molecule has 4 heteroatoms. The molecule has 0 nitrogen and oxygen atoms in total. The molecule has 0 unspecified atom stereocenters. The van der Waals surface area contributed by atoms with Crippen molar-refractivity contribution in [2.24, 2.45) is 0 Å². The van der Waals surface area contributed by atoms with E-state index >= 15 is 0 Å². The average molecular weight is 1060 g/mol. The van der Waals surface area contributed by atoms with Gasteiger partial charge in [0.05, 0.1) is 0 Å². The molecule has 0 aliphatic rings. The Morgan fingerprint density at radius 3 is 1.14 bits per heavy atom. The fourth-order valence-corrected chi connectivity index (χ4v) is 4.84. The number of aryl methyl sites for hydroxylation is 15. The van der Waals surface area contributed by atoms with Gasteiger partial charge in [-0.15, -0.1) is 0 Å². The summed E-state index contributed by atoms with van der Waals surface area (Å²) in [5, 5.41) is 0. The summed E-state index contributed by atoms with van der Waals surface area (Å²) in [6.45, 7) is 35.9. The summed E-state index contributed by atoms with van der Waals surface area (Å²) >= 11 is 0. The zero-order valence-corrected chi connectivity index (χ0v) is 49.8. The van der Waals surface area contributed by atoms with E-state index in [9.17, 15) is 0 Å². The molecule has 0 heterocycles. The van der Waals surface area contributed by atoms with Crippen molar-refractivity contribution in [3.63, 3.8) is 0 Å². The Morgan fingerprint density at radius 2 is 0.772 bits per heavy atom. The summed E-state index contributed by atoms with van der Waals surface area (Å²) < 4.78 is 0. The van der Waals surface area contributed by atoms with Crippen LogP contribution in [0.25, 0.3) is 0 Å². The van der Waals surface area contributed by atoms with Crippen molar-refractivity contribution in [3.05, 3.63) is 210 Å². The van der Waals surface area contributed by atoms with Crippen LogP contribution in [0.4, 0.5) is 0 Å². The smallest absolute Gasteiger partial charge is 0 e. The molecule has 6 aromatic carbocycles. The molecule has 0 amide bonds. The normalized spacial score (nSPS) is 8.93. The Bertz CT molecular complexity index is 1780. The first-order valence-electron chi connectivity index (χ1n) is 18.7. The largest absolute Gasteiger partial charge is 0.184 e. The molecule has 0 atom stereocenters. The predicted octanol–water partition coefficient (Wildman–Crippen LogP) is 14.6. The second kappa shape index (κ2) is 34.3. The monoisotopic (exact) mass is 1060 g/mol. The molecule has 0 aliphatic heterocycles. The van der Waals surface area contributed by atoms with E-state index < -0.39 is 0 Å². The Balaban J connectivity index is -0.000000292. The van der Waals surface area contributed by atoms with Gasteiger partial charge in [-0.25, -0.2) is 0 Å². The molecule has 294 valence electrons. The molecule has 6 rings (SSSR count). The summed E-state index contributed by atoms with van der Waals surface area (Å²) in [5.74, 6) is 0. The number of hydrogen-bond donors (Lipinski definition) is 0. The third-order valence-corrected chi connectivity index (χ3v) is 9.80. The minimum absolute atomic E-state index is 0. The fourth-order valence-electron chi connectivity index (χ4n) is 4.84. The van der Waals surface area contributed by atoms with Gasteiger partial charge in [-0.1, -0.05) is 118 Å². The first-order chi connectivity index (χ1) is 24.8. The van der Waals surface area contributed by atoms with E-state index in [1.165, 1.54) is 94.6 Å². The summed E-state index contributed by atoms with van der Waals surface area (Å²) in [4.78, 5) is 0. The van der Waals surface area contributed by atoms with Gasteiger partial charge >= 0.3 is 0 Å². The van der Waals surface area contributed by atoms with Gasteiger partial charge in [0.2, 0.25) is 0 Å². The predicted molar refractivity (Wildman–Crippen MR) is 235 cm³/mol. The SMILES string of the molecule is Cc1[c-]cc(C)c(C)c1.Cc1c[c-]c(C)c(C)c1.Cc1c[c-]cc(C)c1C.Cc1c[c-]ccc1C.Cc1ccc(C)c(C)c1.Cc1cccc(C)c1C.[Y].[Y].[Y].[Y]. The van der Waals surface area contributed by atoms with Crippen molar-refractivity contribution in [3.8, 4) is 0 Å². The molecule has 0 fully saturated rings. The van der Waals surface area contributed by atoms with Gasteiger partial charge < -0.3 is 0 Å². The van der Waals surface area contributed by atoms with Crippen LogP contribution in [0.5, 0.6) is 0 Å². The molecule has 6 aromatic rings. The van der Waals surface area contributed by atoms with Crippen LogP contribution in [0.3, 0.4) is 0 Å². The van der Waals surface area contributed by atoms with Crippen molar-refractivity contribution in [2.45, 2.75) is 118 Å². The van der Waals surface area contributed by atoms with Gasteiger partial charge in [0.15, 0.2) is 0 Å². The van der Waals surface area contributed by atoms with Crippen molar-refractivity contribution < 1.29 is 131 Å². The van der Waals surface area contributed by atoms with Gasteiger partial charge in [-0.05, 0) is 69.4 Å². The van der Waals surface area contributed by atoms with Gasteiger partial charge in [0, 0.05) is 131 Å². The molecule has 0 saturated carbocycles. The van der Waals surface area contributed by atoms with Crippen molar-refractivity contribution in [1.82, 2.24) is 0 Å². The summed E-state index contributed by atoms with van der Waals surface area (Å²) in [6, 6.07) is 43.7. The van der Waals surface area contributed by atoms with Crippen LogP contribution in [0.2, 0.25) is 0 Å². The molecule has 57 heavy (non-hydrogen) atoms. The van der Waals surface area contributed by atoms with E-state index in [1.54, 1.807) is 0 Å². The summed E-state index contributed by atoms with van der Waals surface area (Å²) in [7, 11) is 0. The number of rotatable bonds is 0. The van der Waals surface area contributed by atoms with Crippen LogP contribution in [0.15, 0.2) is 91.0 Å². The minimum atomic E-state index is 0.